The molecule has 1 saturated carbocycles. The highest BCUT2D eigenvalue weighted by Crippen LogP contribution is 2.27. The van der Waals surface area contributed by atoms with Crippen molar-refractivity contribution in [3.8, 4) is 0 Å². The highest BCUT2D eigenvalue weighted by Gasteiger charge is 2.32. The molecule has 0 spiro atoms. The molecule has 4 nitrogen and oxygen atoms in total. The number of hydrogen-bond donors (Lipinski definition) is 1. The zero-order valence-electron chi connectivity index (χ0n) is 10.5. The van der Waals surface area contributed by atoms with Crippen molar-refractivity contribution in [2.45, 2.75) is 31.7 Å². The smallest absolute Gasteiger partial charge is 0.222 e. The second-order valence-corrected chi connectivity index (χ2v) is 5.71. The first-order valence-electron chi connectivity index (χ1n) is 7.05. The molecular weight excluding hydrogens is 214 g/mol. The molecule has 17 heavy (non-hydrogen) atoms. The summed E-state index contributed by atoms with van der Waals surface area (Å²) in [6, 6.07) is 0.853. The van der Waals surface area contributed by atoms with Crippen LogP contribution >= 0.6 is 0 Å². The van der Waals surface area contributed by atoms with E-state index in [-0.39, 0.29) is 0 Å². The molecule has 1 unspecified atom stereocenters. The Bertz CT molecular complexity index is 276. The predicted molar refractivity (Wildman–Crippen MR) is 66.8 cm³/mol. The van der Waals surface area contributed by atoms with E-state index in [1.54, 1.807) is 0 Å². The number of carbonyl (C=O) groups excluding carboxylic acids is 1. The van der Waals surface area contributed by atoms with Crippen LogP contribution in [0.4, 0.5) is 0 Å². The molecule has 0 radical (unpaired) electrons. The molecule has 3 rings (SSSR count). The average Bonchev–Trinajstić information content (AvgIpc) is 3.09. The predicted octanol–water partition coefficient (Wildman–Crippen LogP) is 0.293. The van der Waals surface area contributed by atoms with Gasteiger partial charge in [0.1, 0.15) is 0 Å². The van der Waals surface area contributed by atoms with E-state index in [1.807, 2.05) is 0 Å². The molecule has 0 aromatic heterocycles. The molecule has 3 fully saturated rings. The van der Waals surface area contributed by atoms with E-state index in [1.165, 1.54) is 19.3 Å². The lowest BCUT2D eigenvalue weighted by molar-refractivity contribution is -0.133. The van der Waals surface area contributed by atoms with Crippen LogP contribution < -0.4 is 5.32 Å². The third kappa shape index (κ3) is 2.80. The Hall–Kier alpha value is -0.610. The minimum atomic E-state index is 0.383. The summed E-state index contributed by atoms with van der Waals surface area (Å²) in [7, 11) is 0. The van der Waals surface area contributed by atoms with Gasteiger partial charge in [0.05, 0.1) is 0 Å². The van der Waals surface area contributed by atoms with E-state index in [4.69, 9.17) is 0 Å². The van der Waals surface area contributed by atoms with Crippen LogP contribution in [0.3, 0.4) is 0 Å². The lowest BCUT2D eigenvalue weighted by Crippen LogP contribution is -2.49. The number of amides is 1. The molecule has 2 saturated heterocycles. The molecule has 1 amide bonds. The molecule has 1 aliphatic carbocycles. The summed E-state index contributed by atoms with van der Waals surface area (Å²) in [5.74, 6) is 0.970. The van der Waals surface area contributed by atoms with Crippen LogP contribution in [0.2, 0.25) is 0 Å². The van der Waals surface area contributed by atoms with Gasteiger partial charge in [0.25, 0.3) is 0 Å². The molecule has 2 heterocycles. The van der Waals surface area contributed by atoms with E-state index in [9.17, 15) is 4.79 Å². The first-order valence-corrected chi connectivity index (χ1v) is 7.05. The Morgan fingerprint density at radius 1 is 1.12 bits per heavy atom. The van der Waals surface area contributed by atoms with Crippen LogP contribution in [-0.2, 0) is 4.79 Å². The second kappa shape index (κ2) is 4.94. The maximum atomic E-state index is 12.1. The second-order valence-electron chi connectivity index (χ2n) is 5.71. The number of carbonyl (C=O) groups is 1. The summed E-state index contributed by atoms with van der Waals surface area (Å²) in [5.41, 5.74) is 0. The fourth-order valence-electron chi connectivity index (χ4n) is 3.04. The van der Waals surface area contributed by atoms with Crippen LogP contribution in [0.25, 0.3) is 0 Å². The monoisotopic (exact) mass is 237 g/mol. The Kier molecular flexibility index (Phi) is 3.34. The number of piperazine rings is 1. The van der Waals surface area contributed by atoms with E-state index < -0.39 is 0 Å². The van der Waals surface area contributed by atoms with E-state index in [0.29, 0.717) is 11.8 Å². The Labute approximate surface area is 103 Å². The highest BCUT2D eigenvalue weighted by atomic mass is 16.2. The largest absolute Gasteiger partial charge is 0.340 e. The van der Waals surface area contributed by atoms with Crippen molar-refractivity contribution in [2.75, 3.05) is 39.3 Å². The summed E-state index contributed by atoms with van der Waals surface area (Å²) in [5, 5.41) is 3.33. The van der Waals surface area contributed by atoms with Crippen molar-refractivity contribution >= 4 is 5.91 Å². The summed E-state index contributed by atoms with van der Waals surface area (Å²) in [4.78, 5) is 16.8. The molecule has 1 atom stereocenters. The molecule has 2 aliphatic heterocycles. The lowest BCUT2D eigenvalue weighted by atomic mass is 10.0. The van der Waals surface area contributed by atoms with E-state index in [2.05, 4.69) is 15.1 Å². The van der Waals surface area contributed by atoms with Crippen LogP contribution in [0, 0.1) is 5.92 Å². The molecule has 96 valence electrons. The molecule has 0 bridgehead atoms. The van der Waals surface area contributed by atoms with Gasteiger partial charge in [0.15, 0.2) is 0 Å². The SMILES string of the molecule is O=C(CC1CCNC1)N1CCN(C2CC2)CC1. The van der Waals surface area contributed by atoms with Gasteiger partial charge in [-0.15, -0.1) is 0 Å². The number of nitrogens with zero attached hydrogens (tertiary/aromatic N) is 2. The first-order chi connectivity index (χ1) is 8.33. The zero-order valence-corrected chi connectivity index (χ0v) is 10.5. The molecule has 0 aromatic rings. The van der Waals surface area contributed by atoms with Gasteiger partial charge in [-0.05, 0) is 38.3 Å². The summed E-state index contributed by atoms with van der Waals surface area (Å²) in [6.07, 6.45) is 4.69. The van der Waals surface area contributed by atoms with Crippen LogP contribution in [0.1, 0.15) is 25.7 Å². The van der Waals surface area contributed by atoms with Gasteiger partial charge in [-0.2, -0.15) is 0 Å². The van der Waals surface area contributed by atoms with Gasteiger partial charge in [-0.1, -0.05) is 0 Å². The quantitative estimate of drug-likeness (QED) is 0.766. The third-order valence-corrected chi connectivity index (χ3v) is 4.36. The fourth-order valence-corrected chi connectivity index (χ4v) is 3.04. The summed E-state index contributed by atoms with van der Waals surface area (Å²) < 4.78 is 0. The van der Waals surface area contributed by atoms with Gasteiger partial charge >= 0.3 is 0 Å². The topological polar surface area (TPSA) is 35.6 Å². The van der Waals surface area contributed by atoms with Gasteiger partial charge < -0.3 is 10.2 Å². The number of rotatable bonds is 3. The number of nitrogens with one attached hydrogen (secondary N) is 1. The van der Waals surface area contributed by atoms with Crippen molar-refractivity contribution in [1.29, 1.82) is 0 Å². The van der Waals surface area contributed by atoms with Crippen LogP contribution in [0.5, 0.6) is 0 Å². The van der Waals surface area contributed by atoms with E-state index in [0.717, 1.165) is 51.7 Å². The zero-order chi connectivity index (χ0) is 11.7. The van der Waals surface area contributed by atoms with Gasteiger partial charge in [-0.25, -0.2) is 0 Å². The Morgan fingerprint density at radius 3 is 2.47 bits per heavy atom. The van der Waals surface area contributed by atoms with E-state index >= 15 is 0 Å². The first kappa shape index (κ1) is 11.5. The lowest BCUT2D eigenvalue weighted by Gasteiger charge is -2.35. The van der Waals surface area contributed by atoms with Crippen LogP contribution in [0.15, 0.2) is 0 Å². The number of hydrogen-bond acceptors (Lipinski definition) is 3. The van der Waals surface area contributed by atoms with Gasteiger partial charge in [0.2, 0.25) is 5.91 Å². The molecule has 3 aliphatic rings. The minimum Gasteiger partial charge on any atom is -0.340 e. The summed E-state index contributed by atoms with van der Waals surface area (Å²) in [6.45, 7) is 6.23. The standard InChI is InChI=1S/C13H23N3O/c17-13(9-11-3-4-14-10-11)16-7-5-15(6-8-16)12-1-2-12/h11-12,14H,1-10H2. The normalized spacial score (nSPS) is 30.8. The summed E-state index contributed by atoms with van der Waals surface area (Å²) >= 11 is 0. The van der Waals surface area contributed by atoms with Crippen molar-refractivity contribution in [3.63, 3.8) is 0 Å². The molecule has 0 aromatic carbocycles. The molecule has 1 N–H and O–H groups in total. The highest BCUT2D eigenvalue weighted by molar-refractivity contribution is 5.76. The van der Waals surface area contributed by atoms with Crippen molar-refractivity contribution in [2.24, 2.45) is 5.92 Å². The molecular formula is C13H23N3O. The third-order valence-electron chi connectivity index (χ3n) is 4.36. The Balaban J connectivity index is 1.43. The molecule has 4 heteroatoms. The maximum absolute atomic E-state index is 12.1. The van der Waals surface area contributed by atoms with Crippen LogP contribution in [-0.4, -0.2) is 61.0 Å². The average molecular weight is 237 g/mol. The van der Waals surface area contributed by atoms with Gasteiger partial charge in [-0.3, -0.25) is 9.69 Å². The van der Waals surface area contributed by atoms with Gasteiger partial charge in [0, 0.05) is 38.6 Å². The Morgan fingerprint density at radius 2 is 1.88 bits per heavy atom. The minimum absolute atomic E-state index is 0.383. The van der Waals surface area contributed by atoms with Crippen molar-refractivity contribution in [3.05, 3.63) is 0 Å². The van der Waals surface area contributed by atoms with Crippen molar-refractivity contribution in [1.82, 2.24) is 15.1 Å². The fraction of sp³-hybridized carbons (Fsp3) is 0.923. The van der Waals surface area contributed by atoms with Crippen molar-refractivity contribution < 1.29 is 4.79 Å². The maximum Gasteiger partial charge on any atom is 0.222 e.